The predicted octanol–water partition coefficient (Wildman–Crippen LogP) is 5.38. The highest BCUT2D eigenvalue weighted by Gasteiger charge is 2.36. The number of hydrogen-bond acceptors (Lipinski definition) is 3. The van der Waals surface area contributed by atoms with E-state index < -0.39 is 8.32 Å². The number of carbonyl (C=O) groups is 1. The highest BCUT2D eigenvalue weighted by Crippen LogP contribution is 2.36. The number of ether oxygens (including phenoxy) is 1. The van der Waals surface area contributed by atoms with Gasteiger partial charge in [0, 0.05) is 12.1 Å². The van der Waals surface area contributed by atoms with Gasteiger partial charge in [-0.1, -0.05) is 33.4 Å². The Bertz CT molecular complexity index is 440. The second-order valence-corrected chi connectivity index (χ2v) is 13.1. The average molecular weight is 356 g/mol. The van der Waals surface area contributed by atoms with Crippen molar-refractivity contribution in [3.05, 3.63) is 24.3 Å². The highest BCUT2D eigenvalue weighted by molar-refractivity contribution is 6.74. The van der Waals surface area contributed by atoms with Crippen molar-refractivity contribution < 1.29 is 14.0 Å². The summed E-state index contributed by atoms with van der Waals surface area (Å²) < 4.78 is 11.4. The van der Waals surface area contributed by atoms with Crippen LogP contribution in [0.4, 0.5) is 4.79 Å². The predicted molar refractivity (Wildman–Crippen MR) is 105 cm³/mol. The summed E-state index contributed by atoms with van der Waals surface area (Å²) >= 11 is 0. The van der Waals surface area contributed by atoms with Crippen LogP contribution in [0.25, 0.3) is 0 Å². The molecule has 0 aromatic rings. The molecule has 0 saturated heterocycles. The first kappa shape index (κ1) is 22.9. The fraction of sp³-hybridized carbons (Fsp3) is 0.737. The van der Waals surface area contributed by atoms with E-state index in [2.05, 4.69) is 40.4 Å². The Morgan fingerprint density at radius 2 is 1.67 bits per heavy atom. The largest absolute Gasteiger partial charge is 0.445 e. The van der Waals surface area contributed by atoms with Crippen LogP contribution in [0.3, 0.4) is 0 Å². The van der Waals surface area contributed by atoms with Crippen LogP contribution in [0, 0.1) is 0 Å². The van der Waals surface area contributed by atoms with Crippen molar-refractivity contribution in [2.45, 2.75) is 78.7 Å². The monoisotopic (exact) mass is 355 g/mol. The molecule has 0 aliphatic carbocycles. The first-order valence-electron chi connectivity index (χ1n) is 8.73. The minimum absolute atomic E-state index is 0.120. The van der Waals surface area contributed by atoms with Crippen LogP contribution < -0.4 is 0 Å². The SMILES string of the molecule is C=C(/C=C/COC(=O)N(C(C)C)C(C)C)CO[Si](C)(C)C(C)(C)C. The molecular formula is C19H37NO3Si. The Hall–Kier alpha value is -1.07. The second-order valence-electron chi connectivity index (χ2n) is 8.28. The molecule has 0 aliphatic rings. The van der Waals surface area contributed by atoms with Crippen LogP contribution in [0.1, 0.15) is 48.5 Å². The molecule has 0 rings (SSSR count). The summed E-state index contributed by atoms with van der Waals surface area (Å²) in [5.41, 5.74) is 0.889. The number of rotatable bonds is 8. The first-order valence-corrected chi connectivity index (χ1v) is 11.6. The van der Waals surface area contributed by atoms with Crippen LogP contribution in [0.15, 0.2) is 24.3 Å². The Labute approximate surface area is 150 Å². The van der Waals surface area contributed by atoms with E-state index in [1.54, 1.807) is 4.90 Å². The van der Waals surface area contributed by atoms with E-state index in [0.29, 0.717) is 6.61 Å². The van der Waals surface area contributed by atoms with Gasteiger partial charge in [0.15, 0.2) is 8.32 Å². The van der Waals surface area contributed by atoms with Crippen molar-refractivity contribution in [1.82, 2.24) is 4.90 Å². The molecule has 140 valence electrons. The second kappa shape index (κ2) is 9.42. The maximum Gasteiger partial charge on any atom is 0.410 e. The molecule has 0 unspecified atom stereocenters. The Kier molecular flexibility index (Phi) is 9.00. The zero-order valence-electron chi connectivity index (χ0n) is 17.1. The van der Waals surface area contributed by atoms with Crippen molar-refractivity contribution in [2.24, 2.45) is 0 Å². The first-order chi connectivity index (χ1) is 10.8. The van der Waals surface area contributed by atoms with Gasteiger partial charge in [-0.15, -0.1) is 0 Å². The van der Waals surface area contributed by atoms with Gasteiger partial charge in [-0.05, 0) is 57.5 Å². The number of amides is 1. The van der Waals surface area contributed by atoms with Crippen LogP contribution in [-0.2, 0) is 9.16 Å². The molecule has 0 N–H and O–H groups in total. The Morgan fingerprint density at radius 3 is 2.08 bits per heavy atom. The van der Waals surface area contributed by atoms with E-state index in [1.807, 2.05) is 39.8 Å². The number of nitrogens with zero attached hydrogens (tertiary/aromatic N) is 1. The average Bonchev–Trinajstić information content (AvgIpc) is 2.39. The highest BCUT2D eigenvalue weighted by atomic mass is 28.4. The summed E-state index contributed by atoms with van der Waals surface area (Å²) in [6.45, 7) is 23.8. The summed E-state index contributed by atoms with van der Waals surface area (Å²) in [6, 6.07) is 0.240. The summed E-state index contributed by atoms with van der Waals surface area (Å²) in [7, 11) is -1.76. The summed E-state index contributed by atoms with van der Waals surface area (Å²) in [5, 5.41) is 0.184. The zero-order valence-corrected chi connectivity index (χ0v) is 18.1. The zero-order chi connectivity index (χ0) is 19.1. The van der Waals surface area contributed by atoms with Crippen LogP contribution in [0.2, 0.25) is 18.1 Å². The van der Waals surface area contributed by atoms with Gasteiger partial charge in [0.2, 0.25) is 0 Å². The molecule has 24 heavy (non-hydrogen) atoms. The number of hydrogen-bond donors (Lipinski definition) is 0. The molecule has 0 saturated carbocycles. The third kappa shape index (κ3) is 7.66. The molecule has 5 heteroatoms. The van der Waals surface area contributed by atoms with E-state index >= 15 is 0 Å². The topological polar surface area (TPSA) is 38.8 Å². The van der Waals surface area contributed by atoms with Gasteiger partial charge in [-0.2, -0.15) is 0 Å². The quantitative estimate of drug-likeness (QED) is 0.433. The molecular weight excluding hydrogens is 318 g/mol. The van der Waals surface area contributed by atoms with Gasteiger partial charge in [-0.25, -0.2) is 4.79 Å². The molecule has 0 atom stereocenters. The maximum absolute atomic E-state index is 12.1. The minimum atomic E-state index is -1.76. The van der Waals surface area contributed by atoms with Crippen LogP contribution >= 0.6 is 0 Å². The maximum atomic E-state index is 12.1. The standard InChI is InChI=1S/C19H37NO3Si/c1-15(2)20(16(3)4)18(21)22-13-11-12-17(5)14-23-24(9,10)19(6,7)8/h11-12,15-16H,5,13-14H2,1-4,6-10H3/b12-11+. The van der Waals surface area contributed by atoms with Gasteiger partial charge in [0.1, 0.15) is 6.61 Å². The summed E-state index contributed by atoms with van der Waals surface area (Å²) in [5.74, 6) is 0. The van der Waals surface area contributed by atoms with Crippen molar-refractivity contribution >= 4 is 14.4 Å². The molecule has 4 nitrogen and oxygen atoms in total. The fourth-order valence-electron chi connectivity index (χ4n) is 1.96. The molecule has 0 fully saturated rings. The molecule has 1 amide bonds. The molecule has 0 spiro atoms. The van der Waals surface area contributed by atoms with Gasteiger partial charge < -0.3 is 14.1 Å². The Morgan fingerprint density at radius 1 is 1.17 bits per heavy atom. The molecule has 0 aliphatic heterocycles. The number of carbonyl (C=O) groups excluding carboxylic acids is 1. The van der Waals surface area contributed by atoms with Gasteiger partial charge in [0.05, 0.1) is 6.61 Å². The van der Waals surface area contributed by atoms with Crippen molar-refractivity contribution in [3.8, 4) is 0 Å². The molecule has 0 aromatic heterocycles. The van der Waals surface area contributed by atoms with E-state index in [4.69, 9.17) is 9.16 Å². The Balaban J connectivity index is 4.34. The van der Waals surface area contributed by atoms with E-state index in [-0.39, 0.29) is 29.8 Å². The van der Waals surface area contributed by atoms with Gasteiger partial charge in [-0.3, -0.25) is 0 Å². The molecule has 0 aromatic carbocycles. The van der Waals surface area contributed by atoms with Gasteiger partial charge in [0.25, 0.3) is 0 Å². The lowest BCUT2D eigenvalue weighted by molar-refractivity contribution is 0.0875. The smallest absolute Gasteiger partial charge is 0.410 e. The van der Waals surface area contributed by atoms with Crippen LogP contribution in [-0.4, -0.2) is 44.6 Å². The summed E-state index contributed by atoms with van der Waals surface area (Å²) in [6.07, 6.45) is 3.40. The lowest BCUT2D eigenvalue weighted by atomic mass is 10.2. The van der Waals surface area contributed by atoms with E-state index in [0.717, 1.165) is 5.57 Å². The fourth-order valence-corrected chi connectivity index (χ4v) is 2.94. The minimum Gasteiger partial charge on any atom is -0.445 e. The van der Waals surface area contributed by atoms with Crippen molar-refractivity contribution in [1.29, 1.82) is 0 Å². The third-order valence-electron chi connectivity index (χ3n) is 4.40. The molecule has 0 bridgehead atoms. The third-order valence-corrected chi connectivity index (χ3v) is 8.88. The lowest BCUT2D eigenvalue weighted by Gasteiger charge is -2.36. The molecule has 0 radical (unpaired) electrons. The molecule has 0 heterocycles. The summed E-state index contributed by atoms with van der Waals surface area (Å²) in [4.78, 5) is 13.8. The van der Waals surface area contributed by atoms with E-state index in [9.17, 15) is 4.79 Å². The van der Waals surface area contributed by atoms with Gasteiger partial charge >= 0.3 is 6.09 Å². The lowest BCUT2D eigenvalue weighted by Crippen LogP contribution is -2.42. The van der Waals surface area contributed by atoms with E-state index in [1.165, 1.54) is 0 Å². The normalized spacial score (nSPS) is 13.0. The van der Waals surface area contributed by atoms with Crippen LogP contribution in [0.5, 0.6) is 0 Å². The van der Waals surface area contributed by atoms with Crippen molar-refractivity contribution in [2.75, 3.05) is 13.2 Å². The van der Waals surface area contributed by atoms with Crippen molar-refractivity contribution in [3.63, 3.8) is 0 Å².